The largest absolute Gasteiger partial charge is 0.481 e. The van der Waals surface area contributed by atoms with Gasteiger partial charge in [-0.2, -0.15) is 0 Å². The fourth-order valence-electron chi connectivity index (χ4n) is 2.54. The fraction of sp³-hybridized carbons (Fsp3) is 0.867. The van der Waals surface area contributed by atoms with Crippen molar-refractivity contribution in [3.05, 3.63) is 0 Å². The second-order valence-electron chi connectivity index (χ2n) is 6.22. The van der Waals surface area contributed by atoms with Gasteiger partial charge in [0.05, 0.1) is 5.41 Å². The van der Waals surface area contributed by atoms with Crippen LogP contribution in [0.25, 0.3) is 0 Å². The van der Waals surface area contributed by atoms with Crippen molar-refractivity contribution in [3.63, 3.8) is 0 Å². The molecule has 0 aliphatic carbocycles. The molecule has 21 heavy (non-hydrogen) atoms. The van der Waals surface area contributed by atoms with Crippen LogP contribution in [0.15, 0.2) is 0 Å². The molecule has 0 bridgehead atoms. The van der Waals surface area contributed by atoms with Gasteiger partial charge in [0, 0.05) is 31.7 Å². The van der Waals surface area contributed by atoms with Gasteiger partial charge in [0.1, 0.15) is 0 Å². The Hall–Kier alpha value is -1.14. The zero-order valence-corrected chi connectivity index (χ0v) is 13.1. The summed E-state index contributed by atoms with van der Waals surface area (Å²) in [7, 11) is 0. The summed E-state index contributed by atoms with van der Waals surface area (Å²) in [5.74, 6) is -1.04. The van der Waals surface area contributed by atoms with E-state index >= 15 is 0 Å². The van der Waals surface area contributed by atoms with Gasteiger partial charge < -0.3 is 20.9 Å². The van der Waals surface area contributed by atoms with E-state index in [-0.39, 0.29) is 24.4 Å². The minimum absolute atomic E-state index is 0.0770. The van der Waals surface area contributed by atoms with Crippen molar-refractivity contribution in [3.8, 4) is 0 Å². The van der Waals surface area contributed by atoms with E-state index in [2.05, 4.69) is 5.32 Å². The van der Waals surface area contributed by atoms with E-state index in [9.17, 15) is 14.7 Å². The second kappa shape index (κ2) is 8.34. The smallest absolute Gasteiger partial charge is 0.311 e. The Balaban J connectivity index is 2.40. The fourth-order valence-corrected chi connectivity index (χ4v) is 2.54. The lowest BCUT2D eigenvalue weighted by molar-refractivity contribution is -0.154. The summed E-state index contributed by atoms with van der Waals surface area (Å²) in [6, 6.07) is 0.151. The number of amides is 1. The van der Waals surface area contributed by atoms with Crippen LogP contribution in [0, 0.1) is 11.3 Å². The zero-order chi connectivity index (χ0) is 15.9. The van der Waals surface area contributed by atoms with E-state index in [4.69, 9.17) is 10.5 Å². The molecule has 0 spiro atoms. The third-order valence-electron chi connectivity index (χ3n) is 4.25. The number of hydrogen-bond donors (Lipinski definition) is 3. The van der Waals surface area contributed by atoms with Gasteiger partial charge in [-0.05, 0) is 32.6 Å². The van der Waals surface area contributed by atoms with Crippen LogP contribution < -0.4 is 11.1 Å². The molecule has 122 valence electrons. The first kappa shape index (κ1) is 17.9. The number of hydrogen-bond acceptors (Lipinski definition) is 4. The molecule has 0 saturated carbocycles. The lowest BCUT2D eigenvalue weighted by Gasteiger charge is -2.33. The lowest BCUT2D eigenvalue weighted by Crippen LogP contribution is -2.47. The number of nitrogens with two attached hydrogens (primary N) is 1. The summed E-state index contributed by atoms with van der Waals surface area (Å²) < 4.78 is 5.22. The molecule has 1 aliphatic rings. The van der Waals surface area contributed by atoms with E-state index in [1.807, 2.05) is 13.8 Å². The highest BCUT2D eigenvalue weighted by atomic mass is 16.5. The highest BCUT2D eigenvalue weighted by Gasteiger charge is 2.40. The summed E-state index contributed by atoms with van der Waals surface area (Å²) >= 11 is 0. The predicted molar refractivity (Wildman–Crippen MR) is 79.8 cm³/mol. The van der Waals surface area contributed by atoms with E-state index < -0.39 is 11.4 Å². The Morgan fingerprint density at radius 2 is 1.90 bits per heavy atom. The number of carboxylic acid groups (broad SMARTS) is 1. The first-order valence-electron chi connectivity index (χ1n) is 7.72. The maximum absolute atomic E-state index is 12.1. The van der Waals surface area contributed by atoms with Crippen molar-refractivity contribution in [1.82, 2.24) is 5.32 Å². The van der Waals surface area contributed by atoms with Gasteiger partial charge in [-0.25, -0.2) is 0 Å². The molecular weight excluding hydrogens is 272 g/mol. The third-order valence-corrected chi connectivity index (χ3v) is 4.25. The maximum atomic E-state index is 12.1. The van der Waals surface area contributed by atoms with Crippen LogP contribution >= 0.6 is 0 Å². The van der Waals surface area contributed by atoms with Gasteiger partial charge in [0.25, 0.3) is 0 Å². The normalized spacial score (nSPS) is 20.5. The quantitative estimate of drug-likeness (QED) is 0.624. The molecule has 2 atom stereocenters. The van der Waals surface area contributed by atoms with Gasteiger partial charge in [0.15, 0.2) is 0 Å². The number of carboxylic acids is 1. The van der Waals surface area contributed by atoms with Crippen molar-refractivity contribution in [1.29, 1.82) is 0 Å². The maximum Gasteiger partial charge on any atom is 0.311 e. The van der Waals surface area contributed by atoms with Crippen molar-refractivity contribution >= 4 is 11.9 Å². The first-order chi connectivity index (χ1) is 9.87. The zero-order valence-electron chi connectivity index (χ0n) is 13.1. The molecule has 0 radical (unpaired) electrons. The van der Waals surface area contributed by atoms with Gasteiger partial charge >= 0.3 is 5.97 Å². The molecule has 1 fully saturated rings. The highest BCUT2D eigenvalue weighted by molar-refractivity contribution is 5.80. The SMILES string of the molecule is CC(N)CCCC(C)C(=O)NCC1(C(=O)O)CCOCC1. The Labute approximate surface area is 126 Å². The molecule has 6 heteroatoms. The number of nitrogens with one attached hydrogen (secondary N) is 1. The van der Waals surface area contributed by atoms with Crippen molar-refractivity contribution in [2.45, 2.75) is 52.0 Å². The average molecular weight is 300 g/mol. The number of ether oxygens (including phenoxy) is 1. The monoisotopic (exact) mass is 300 g/mol. The third kappa shape index (κ3) is 5.63. The summed E-state index contributed by atoms with van der Waals surface area (Å²) in [6.45, 7) is 4.88. The number of carbonyl (C=O) groups is 2. The van der Waals surface area contributed by atoms with Gasteiger partial charge in [-0.15, -0.1) is 0 Å². The molecule has 1 rings (SSSR count). The Morgan fingerprint density at radius 1 is 1.29 bits per heavy atom. The second-order valence-corrected chi connectivity index (χ2v) is 6.22. The first-order valence-corrected chi connectivity index (χ1v) is 7.72. The summed E-state index contributed by atoms with van der Waals surface area (Å²) in [6.07, 6.45) is 3.47. The van der Waals surface area contributed by atoms with Crippen LogP contribution in [0.5, 0.6) is 0 Å². The van der Waals surface area contributed by atoms with E-state index in [0.717, 1.165) is 19.3 Å². The number of aliphatic carboxylic acids is 1. The molecule has 0 aromatic carbocycles. The molecule has 1 aliphatic heterocycles. The molecule has 6 nitrogen and oxygen atoms in total. The Kier molecular flexibility index (Phi) is 7.11. The van der Waals surface area contributed by atoms with Gasteiger partial charge in [-0.1, -0.05) is 13.3 Å². The summed E-state index contributed by atoms with van der Waals surface area (Å²) in [4.78, 5) is 23.5. The van der Waals surface area contributed by atoms with Crippen LogP contribution in [0.2, 0.25) is 0 Å². The van der Waals surface area contributed by atoms with Crippen molar-refractivity contribution in [2.24, 2.45) is 17.1 Å². The molecule has 1 saturated heterocycles. The van der Waals surface area contributed by atoms with Gasteiger partial charge in [-0.3, -0.25) is 9.59 Å². The minimum atomic E-state index is -0.876. The van der Waals surface area contributed by atoms with Crippen LogP contribution in [-0.2, 0) is 14.3 Å². The predicted octanol–water partition coefficient (Wildman–Crippen LogP) is 1.14. The number of rotatable bonds is 8. The molecular formula is C15H28N2O4. The van der Waals surface area contributed by atoms with Crippen LogP contribution in [-0.4, -0.2) is 42.8 Å². The highest BCUT2D eigenvalue weighted by Crippen LogP contribution is 2.30. The molecule has 2 unspecified atom stereocenters. The van der Waals surface area contributed by atoms with Crippen molar-refractivity contribution in [2.75, 3.05) is 19.8 Å². The van der Waals surface area contributed by atoms with Crippen LogP contribution in [0.4, 0.5) is 0 Å². The van der Waals surface area contributed by atoms with Crippen LogP contribution in [0.3, 0.4) is 0 Å². The van der Waals surface area contributed by atoms with E-state index in [0.29, 0.717) is 26.1 Å². The molecule has 0 aromatic heterocycles. The average Bonchev–Trinajstić information content (AvgIpc) is 2.45. The van der Waals surface area contributed by atoms with Crippen molar-refractivity contribution < 1.29 is 19.4 Å². The Morgan fingerprint density at radius 3 is 2.43 bits per heavy atom. The Bertz CT molecular complexity index is 352. The molecule has 1 amide bonds. The summed E-state index contributed by atoms with van der Waals surface area (Å²) in [5, 5.41) is 12.2. The van der Waals surface area contributed by atoms with E-state index in [1.165, 1.54) is 0 Å². The summed E-state index contributed by atoms with van der Waals surface area (Å²) in [5.41, 5.74) is 4.81. The number of carbonyl (C=O) groups excluding carboxylic acids is 1. The molecule has 4 N–H and O–H groups in total. The van der Waals surface area contributed by atoms with Gasteiger partial charge in [0.2, 0.25) is 5.91 Å². The standard InChI is InChI=1S/C15H28N2O4/c1-11(4-3-5-12(2)16)13(18)17-10-15(14(19)20)6-8-21-9-7-15/h11-12H,3-10,16H2,1-2H3,(H,17,18)(H,19,20). The molecule has 1 heterocycles. The lowest BCUT2D eigenvalue weighted by atomic mass is 9.80. The minimum Gasteiger partial charge on any atom is -0.481 e. The topological polar surface area (TPSA) is 102 Å². The molecule has 0 aromatic rings. The van der Waals surface area contributed by atoms with Crippen LogP contribution in [0.1, 0.15) is 46.0 Å². The van der Waals surface area contributed by atoms with E-state index in [1.54, 1.807) is 0 Å².